The summed E-state index contributed by atoms with van der Waals surface area (Å²) in [6.07, 6.45) is 0.0505. The van der Waals surface area contributed by atoms with Gasteiger partial charge in [0.2, 0.25) is 8.32 Å². The molecule has 1 N–H and O–H groups in total. The highest BCUT2D eigenvalue weighted by atomic mass is 28.4. The van der Waals surface area contributed by atoms with E-state index in [9.17, 15) is 0 Å². The van der Waals surface area contributed by atoms with E-state index in [2.05, 4.69) is 89.0 Å². The second kappa shape index (κ2) is 10.0. The fourth-order valence-electron chi connectivity index (χ4n) is 5.14. The molecule has 1 heterocycles. The Labute approximate surface area is 194 Å². The van der Waals surface area contributed by atoms with E-state index < -0.39 is 8.32 Å². The number of H-pyrrole nitrogens is 1. The maximum absolute atomic E-state index is 7.00. The van der Waals surface area contributed by atoms with Crippen molar-refractivity contribution in [3.63, 3.8) is 0 Å². The average Bonchev–Trinajstić information content (AvgIpc) is 3.27. The first-order valence-corrected chi connectivity index (χ1v) is 13.8. The fourth-order valence-corrected chi connectivity index (χ4v) is 10.7. The van der Waals surface area contributed by atoms with Crippen LogP contribution in [-0.2, 0) is 4.43 Å². The number of nitrogens with zero attached hydrogens (tertiary/aromatic N) is 1. The molecule has 0 spiro atoms. The molecule has 4 nitrogen and oxygen atoms in total. The first-order valence-electron chi connectivity index (χ1n) is 11.7. The van der Waals surface area contributed by atoms with Gasteiger partial charge in [-0.1, -0.05) is 71.9 Å². The molecule has 0 saturated carbocycles. The highest BCUT2D eigenvalue weighted by Crippen LogP contribution is 2.45. The van der Waals surface area contributed by atoms with Gasteiger partial charge in [0, 0.05) is 5.56 Å². The monoisotopic (exact) mass is 450 g/mol. The first kappa shape index (κ1) is 24.3. The van der Waals surface area contributed by atoms with Crippen LogP contribution in [0.1, 0.15) is 60.1 Å². The van der Waals surface area contributed by atoms with Gasteiger partial charge in [0.1, 0.15) is 5.75 Å². The molecule has 0 aliphatic carbocycles. The van der Waals surface area contributed by atoms with Crippen molar-refractivity contribution in [1.82, 2.24) is 10.2 Å². The van der Waals surface area contributed by atoms with Crippen LogP contribution in [0, 0.1) is 0 Å². The highest BCUT2D eigenvalue weighted by molar-refractivity contribution is 6.77. The molecule has 0 bridgehead atoms. The highest BCUT2D eigenvalue weighted by Gasteiger charge is 2.46. The maximum atomic E-state index is 7.00. The summed E-state index contributed by atoms with van der Waals surface area (Å²) in [5.41, 5.74) is 6.94. The lowest BCUT2D eigenvalue weighted by Crippen LogP contribution is -2.48. The van der Waals surface area contributed by atoms with Crippen molar-refractivity contribution in [2.45, 2.75) is 71.2 Å². The van der Waals surface area contributed by atoms with Crippen molar-refractivity contribution >= 4 is 8.32 Å². The van der Waals surface area contributed by atoms with Crippen LogP contribution >= 0.6 is 0 Å². The number of ether oxygens (including phenoxy) is 1. The molecule has 0 saturated heterocycles. The molecule has 0 aliphatic rings. The molecule has 1 aromatic heterocycles. The molecule has 3 rings (SSSR count). The molecule has 0 amide bonds. The van der Waals surface area contributed by atoms with Crippen molar-refractivity contribution in [1.29, 1.82) is 0 Å². The largest absolute Gasteiger partial charge is 0.497 e. The quantitative estimate of drug-likeness (QED) is 0.336. The summed E-state index contributed by atoms with van der Waals surface area (Å²) in [6.45, 7) is 16.2. The van der Waals surface area contributed by atoms with Gasteiger partial charge in [-0.05, 0) is 58.9 Å². The van der Waals surface area contributed by atoms with E-state index >= 15 is 0 Å². The second-order valence-electron chi connectivity index (χ2n) is 9.60. The minimum atomic E-state index is -1.95. The van der Waals surface area contributed by atoms with Crippen molar-refractivity contribution in [3.05, 3.63) is 60.2 Å². The predicted molar refractivity (Wildman–Crippen MR) is 137 cm³/mol. The molecule has 3 aromatic rings. The zero-order valence-electron chi connectivity index (χ0n) is 20.8. The van der Waals surface area contributed by atoms with Crippen molar-refractivity contribution in [2.24, 2.45) is 0 Å². The van der Waals surface area contributed by atoms with Gasteiger partial charge in [-0.25, -0.2) is 0 Å². The van der Waals surface area contributed by atoms with E-state index in [-0.39, 0.29) is 6.10 Å². The summed E-state index contributed by atoms with van der Waals surface area (Å²) in [5.74, 6) is 0.827. The van der Waals surface area contributed by atoms with E-state index in [0.29, 0.717) is 16.6 Å². The van der Waals surface area contributed by atoms with Crippen LogP contribution in [0.4, 0.5) is 0 Å². The van der Waals surface area contributed by atoms with E-state index in [1.165, 1.54) is 5.56 Å². The van der Waals surface area contributed by atoms with Crippen LogP contribution in [0.2, 0.25) is 16.6 Å². The summed E-state index contributed by atoms with van der Waals surface area (Å²) in [4.78, 5) is 0. The minimum absolute atomic E-state index is 0.0505. The van der Waals surface area contributed by atoms with Crippen LogP contribution in [0.15, 0.2) is 54.6 Å². The number of methoxy groups -OCH3 is 1. The van der Waals surface area contributed by atoms with Gasteiger partial charge in [-0.3, -0.25) is 5.10 Å². The predicted octanol–water partition coefficient (Wildman–Crippen LogP) is 8.01. The normalized spacial score (nSPS) is 13.2. The van der Waals surface area contributed by atoms with Gasteiger partial charge in [0.25, 0.3) is 0 Å². The number of nitrogens with one attached hydrogen (secondary N) is 1. The molecule has 1 atom stereocenters. The third-order valence-corrected chi connectivity index (χ3v) is 12.9. The Kier molecular flexibility index (Phi) is 7.62. The summed E-state index contributed by atoms with van der Waals surface area (Å²) < 4.78 is 12.3. The Morgan fingerprint density at radius 3 is 2.03 bits per heavy atom. The standard InChI is InChI=1S/C27H38N2O2Si/c1-18(2)32(19(3)4,20(5)6)31-21(7)22-11-9-12-23(15-22)26-17-27(29-28-26)24-13-10-14-25(16-24)30-8/h9-21H,1-8H3,(H,28,29). The van der Waals surface area contributed by atoms with Gasteiger partial charge in [0.15, 0.2) is 0 Å². The second-order valence-corrected chi connectivity index (χ2v) is 15.0. The van der Waals surface area contributed by atoms with Crippen LogP contribution < -0.4 is 4.74 Å². The van der Waals surface area contributed by atoms with Crippen molar-refractivity contribution < 1.29 is 9.16 Å². The number of aromatic nitrogens is 2. The SMILES string of the molecule is COc1cccc(-c2cc(-c3cccc(C(C)O[Si](C(C)C)(C(C)C)C(C)C)c3)[nH]n2)c1. The van der Waals surface area contributed by atoms with Crippen LogP contribution in [0.25, 0.3) is 22.5 Å². The fraction of sp³-hybridized carbons (Fsp3) is 0.444. The molecule has 5 heteroatoms. The minimum Gasteiger partial charge on any atom is -0.497 e. The van der Waals surface area contributed by atoms with Crippen molar-refractivity contribution in [3.8, 4) is 28.3 Å². The summed E-state index contributed by atoms with van der Waals surface area (Å²) in [5, 5.41) is 7.74. The first-order chi connectivity index (χ1) is 15.2. The third kappa shape index (κ3) is 4.84. The summed E-state index contributed by atoms with van der Waals surface area (Å²) in [6, 6.07) is 18.7. The molecule has 172 valence electrons. The summed E-state index contributed by atoms with van der Waals surface area (Å²) in [7, 11) is -0.271. The van der Waals surface area contributed by atoms with Gasteiger partial charge >= 0.3 is 0 Å². The molecule has 0 fully saturated rings. The molecule has 0 aliphatic heterocycles. The van der Waals surface area contributed by atoms with Crippen molar-refractivity contribution in [2.75, 3.05) is 7.11 Å². The Morgan fingerprint density at radius 2 is 1.41 bits per heavy atom. The Bertz CT molecular complexity index is 1000. The molecular weight excluding hydrogens is 412 g/mol. The maximum Gasteiger partial charge on any atom is 0.201 e. The average molecular weight is 451 g/mol. The molecule has 1 unspecified atom stereocenters. The van der Waals surface area contributed by atoms with Gasteiger partial charge in [-0.15, -0.1) is 0 Å². The third-order valence-electron chi connectivity index (χ3n) is 6.70. The lowest BCUT2D eigenvalue weighted by atomic mass is 10.0. The lowest BCUT2D eigenvalue weighted by Gasteiger charge is -2.44. The number of hydrogen-bond acceptors (Lipinski definition) is 3. The smallest absolute Gasteiger partial charge is 0.201 e. The number of benzene rings is 2. The molecule has 0 radical (unpaired) electrons. The zero-order valence-corrected chi connectivity index (χ0v) is 21.8. The lowest BCUT2D eigenvalue weighted by molar-refractivity contribution is 0.194. The zero-order chi connectivity index (χ0) is 23.5. The molecular formula is C27H38N2O2Si. The van der Waals surface area contributed by atoms with Crippen LogP contribution in [0.3, 0.4) is 0 Å². The van der Waals surface area contributed by atoms with Gasteiger partial charge < -0.3 is 9.16 Å². The topological polar surface area (TPSA) is 47.1 Å². The van der Waals surface area contributed by atoms with E-state index in [1.54, 1.807) is 7.11 Å². The number of aromatic amines is 1. The van der Waals surface area contributed by atoms with Gasteiger partial charge in [-0.2, -0.15) is 5.10 Å². The van der Waals surface area contributed by atoms with E-state index in [0.717, 1.165) is 28.3 Å². The van der Waals surface area contributed by atoms with E-state index in [1.807, 2.05) is 24.3 Å². The Morgan fingerprint density at radius 1 is 0.781 bits per heavy atom. The van der Waals surface area contributed by atoms with Crippen LogP contribution in [-0.4, -0.2) is 25.6 Å². The molecule has 32 heavy (non-hydrogen) atoms. The number of rotatable bonds is 9. The van der Waals surface area contributed by atoms with Crippen LogP contribution in [0.5, 0.6) is 5.75 Å². The molecule has 2 aromatic carbocycles. The summed E-state index contributed by atoms with van der Waals surface area (Å²) >= 11 is 0. The van der Waals surface area contributed by atoms with E-state index in [4.69, 9.17) is 9.16 Å². The number of hydrogen-bond donors (Lipinski definition) is 1. The Balaban J connectivity index is 1.88. The Hall–Kier alpha value is -2.37. The van der Waals surface area contributed by atoms with Gasteiger partial charge in [0.05, 0.1) is 24.6 Å².